The summed E-state index contributed by atoms with van der Waals surface area (Å²) in [5.74, 6) is -0.502. The van der Waals surface area contributed by atoms with Gasteiger partial charge < -0.3 is 10.2 Å². The largest absolute Gasteiger partial charge is 0.339 e. The maximum Gasteiger partial charge on any atom is 0.286 e. The van der Waals surface area contributed by atoms with Crippen LogP contribution in [0.1, 0.15) is 49.5 Å². The van der Waals surface area contributed by atoms with E-state index in [1.807, 2.05) is 36.1 Å². The number of amides is 2. The Kier molecular flexibility index (Phi) is 5.85. The SMILES string of the molecule is Cc1ccc(C(=O)N2CCC(c3nnc(C(=O)Nc4ccc(F)cc4)s3)CC2)cc1. The number of rotatable bonds is 4. The van der Waals surface area contributed by atoms with Crippen LogP contribution in [0, 0.1) is 12.7 Å². The molecule has 0 radical (unpaired) electrons. The number of piperidine rings is 1. The average Bonchev–Trinajstić information content (AvgIpc) is 3.26. The molecular formula is C22H21FN4O2S. The maximum absolute atomic E-state index is 13.0. The van der Waals surface area contributed by atoms with Crippen LogP contribution in [0.2, 0.25) is 0 Å². The molecule has 1 aliphatic heterocycles. The third-order valence-corrected chi connectivity index (χ3v) is 6.25. The summed E-state index contributed by atoms with van der Waals surface area (Å²) in [6, 6.07) is 13.2. The Morgan fingerprint density at radius 2 is 1.70 bits per heavy atom. The second-order valence-electron chi connectivity index (χ2n) is 7.34. The summed E-state index contributed by atoms with van der Waals surface area (Å²) in [6.45, 7) is 3.29. The van der Waals surface area contributed by atoms with Crippen LogP contribution in [0.15, 0.2) is 48.5 Å². The smallest absolute Gasteiger partial charge is 0.286 e. The number of carbonyl (C=O) groups is 2. The minimum atomic E-state index is -0.364. The fourth-order valence-electron chi connectivity index (χ4n) is 3.42. The van der Waals surface area contributed by atoms with Crippen LogP contribution in [-0.2, 0) is 0 Å². The first-order chi connectivity index (χ1) is 14.5. The minimum absolute atomic E-state index is 0.0464. The number of benzene rings is 2. The lowest BCUT2D eigenvalue weighted by molar-refractivity contribution is 0.0712. The molecule has 0 unspecified atom stereocenters. The molecule has 1 aliphatic rings. The molecule has 1 N–H and O–H groups in total. The highest BCUT2D eigenvalue weighted by Crippen LogP contribution is 2.31. The van der Waals surface area contributed by atoms with Crippen molar-refractivity contribution in [1.29, 1.82) is 0 Å². The molecule has 4 rings (SSSR count). The number of halogens is 1. The van der Waals surface area contributed by atoms with Crippen molar-refractivity contribution < 1.29 is 14.0 Å². The van der Waals surface area contributed by atoms with Gasteiger partial charge in [-0.1, -0.05) is 29.0 Å². The third kappa shape index (κ3) is 4.54. The molecule has 2 heterocycles. The standard InChI is InChI=1S/C22H21FN4O2S/c1-14-2-4-16(5-3-14)22(29)27-12-10-15(11-13-27)20-25-26-21(30-20)19(28)24-18-8-6-17(23)7-9-18/h2-9,15H,10-13H2,1H3,(H,24,28). The van der Waals surface area contributed by atoms with E-state index in [0.717, 1.165) is 23.4 Å². The Labute approximate surface area is 177 Å². The zero-order valence-corrected chi connectivity index (χ0v) is 17.3. The second kappa shape index (κ2) is 8.71. The normalized spacial score (nSPS) is 14.5. The maximum atomic E-state index is 13.0. The van der Waals surface area contributed by atoms with Gasteiger partial charge in [-0.05, 0) is 56.2 Å². The summed E-state index contributed by atoms with van der Waals surface area (Å²) in [4.78, 5) is 26.9. The molecule has 8 heteroatoms. The molecule has 30 heavy (non-hydrogen) atoms. The third-order valence-electron chi connectivity index (χ3n) is 5.17. The van der Waals surface area contributed by atoms with Gasteiger partial charge in [0.05, 0.1) is 0 Å². The molecule has 1 saturated heterocycles. The summed E-state index contributed by atoms with van der Waals surface area (Å²) < 4.78 is 13.0. The van der Waals surface area contributed by atoms with E-state index in [-0.39, 0.29) is 28.6 Å². The summed E-state index contributed by atoms with van der Waals surface area (Å²) in [5, 5.41) is 12.0. The summed E-state index contributed by atoms with van der Waals surface area (Å²) >= 11 is 1.27. The van der Waals surface area contributed by atoms with Gasteiger partial charge in [0, 0.05) is 30.3 Å². The molecule has 6 nitrogen and oxygen atoms in total. The monoisotopic (exact) mass is 424 g/mol. The molecule has 154 valence electrons. The van der Waals surface area contributed by atoms with Crippen LogP contribution in [0.5, 0.6) is 0 Å². The number of nitrogens with zero attached hydrogens (tertiary/aromatic N) is 3. The van der Waals surface area contributed by atoms with Crippen LogP contribution in [0.3, 0.4) is 0 Å². The Bertz CT molecular complexity index is 1040. The highest BCUT2D eigenvalue weighted by atomic mass is 32.1. The Balaban J connectivity index is 1.34. The highest BCUT2D eigenvalue weighted by Gasteiger charge is 2.27. The summed E-state index contributed by atoms with van der Waals surface area (Å²) in [5.41, 5.74) is 2.33. The molecule has 0 aliphatic carbocycles. The molecule has 1 fully saturated rings. The molecular weight excluding hydrogens is 403 g/mol. The number of aryl methyl sites for hydroxylation is 1. The van der Waals surface area contributed by atoms with Crippen LogP contribution < -0.4 is 5.32 Å². The van der Waals surface area contributed by atoms with E-state index in [4.69, 9.17) is 0 Å². The molecule has 2 amide bonds. The van der Waals surface area contributed by atoms with Gasteiger partial charge in [-0.15, -0.1) is 10.2 Å². The predicted octanol–water partition coefficient (Wildman–Crippen LogP) is 4.26. The van der Waals surface area contributed by atoms with Gasteiger partial charge in [0.2, 0.25) is 5.01 Å². The van der Waals surface area contributed by atoms with Crippen molar-refractivity contribution in [3.8, 4) is 0 Å². The van der Waals surface area contributed by atoms with Gasteiger partial charge >= 0.3 is 0 Å². The van der Waals surface area contributed by atoms with Crippen LogP contribution in [0.25, 0.3) is 0 Å². The fourth-order valence-corrected chi connectivity index (χ4v) is 4.32. The number of anilines is 1. The number of likely N-dealkylation sites (tertiary alicyclic amines) is 1. The molecule has 3 aromatic rings. The summed E-state index contributed by atoms with van der Waals surface area (Å²) in [6.07, 6.45) is 1.57. The van der Waals surface area contributed by atoms with Gasteiger partial charge in [-0.2, -0.15) is 0 Å². The zero-order chi connectivity index (χ0) is 21.1. The molecule has 1 aromatic heterocycles. The number of aromatic nitrogens is 2. The molecule has 0 atom stereocenters. The van der Waals surface area contributed by atoms with Gasteiger partial charge in [0.1, 0.15) is 10.8 Å². The van der Waals surface area contributed by atoms with Crippen LogP contribution in [-0.4, -0.2) is 40.0 Å². The van der Waals surface area contributed by atoms with Crippen molar-refractivity contribution in [2.75, 3.05) is 18.4 Å². The van der Waals surface area contributed by atoms with Gasteiger partial charge in [0.25, 0.3) is 11.8 Å². The number of hydrogen-bond acceptors (Lipinski definition) is 5. The minimum Gasteiger partial charge on any atom is -0.339 e. The predicted molar refractivity (Wildman–Crippen MR) is 113 cm³/mol. The van der Waals surface area contributed by atoms with E-state index < -0.39 is 0 Å². The number of hydrogen-bond donors (Lipinski definition) is 1. The Morgan fingerprint density at radius 1 is 1.03 bits per heavy atom. The van der Waals surface area contributed by atoms with Crippen molar-refractivity contribution in [1.82, 2.24) is 15.1 Å². The second-order valence-corrected chi connectivity index (χ2v) is 8.35. The fraction of sp³-hybridized carbons (Fsp3) is 0.273. The quantitative estimate of drug-likeness (QED) is 0.679. The number of nitrogens with one attached hydrogen (secondary N) is 1. The first kappa shape index (κ1) is 20.2. The Morgan fingerprint density at radius 3 is 2.37 bits per heavy atom. The first-order valence-corrected chi connectivity index (χ1v) is 10.6. The lowest BCUT2D eigenvalue weighted by Gasteiger charge is -2.31. The zero-order valence-electron chi connectivity index (χ0n) is 16.5. The van der Waals surface area contributed by atoms with Crippen molar-refractivity contribution >= 4 is 28.8 Å². The van der Waals surface area contributed by atoms with Crippen LogP contribution >= 0.6 is 11.3 Å². The van der Waals surface area contributed by atoms with E-state index in [2.05, 4.69) is 15.5 Å². The topological polar surface area (TPSA) is 75.2 Å². The average molecular weight is 425 g/mol. The highest BCUT2D eigenvalue weighted by molar-refractivity contribution is 7.13. The van der Waals surface area contributed by atoms with Gasteiger partial charge in [-0.3, -0.25) is 9.59 Å². The molecule has 0 bridgehead atoms. The molecule has 0 saturated carbocycles. The summed E-state index contributed by atoms with van der Waals surface area (Å²) in [7, 11) is 0. The van der Waals surface area contributed by atoms with E-state index in [0.29, 0.717) is 24.3 Å². The first-order valence-electron chi connectivity index (χ1n) is 9.76. The molecule has 2 aromatic carbocycles. The molecule has 0 spiro atoms. The van der Waals surface area contributed by atoms with E-state index in [1.54, 1.807) is 0 Å². The lowest BCUT2D eigenvalue weighted by Crippen LogP contribution is -2.37. The van der Waals surface area contributed by atoms with E-state index in [9.17, 15) is 14.0 Å². The Hall–Kier alpha value is -3.13. The van der Waals surface area contributed by atoms with Gasteiger partial charge in [0.15, 0.2) is 0 Å². The van der Waals surface area contributed by atoms with Crippen molar-refractivity contribution in [3.63, 3.8) is 0 Å². The van der Waals surface area contributed by atoms with Gasteiger partial charge in [-0.25, -0.2) is 4.39 Å². The lowest BCUT2D eigenvalue weighted by atomic mass is 9.97. The van der Waals surface area contributed by atoms with Crippen molar-refractivity contribution in [2.45, 2.75) is 25.7 Å². The van der Waals surface area contributed by atoms with Crippen molar-refractivity contribution in [2.24, 2.45) is 0 Å². The van der Waals surface area contributed by atoms with E-state index >= 15 is 0 Å². The van der Waals surface area contributed by atoms with Crippen LogP contribution in [0.4, 0.5) is 10.1 Å². The van der Waals surface area contributed by atoms with Crippen molar-refractivity contribution in [3.05, 3.63) is 75.5 Å². The van der Waals surface area contributed by atoms with E-state index in [1.165, 1.54) is 35.6 Å². The number of carbonyl (C=O) groups excluding carboxylic acids is 2.